The highest BCUT2D eigenvalue weighted by molar-refractivity contribution is 5.88. The summed E-state index contributed by atoms with van der Waals surface area (Å²) in [6, 6.07) is 12.6. The highest BCUT2D eigenvalue weighted by atomic mass is 19.1. The van der Waals surface area contributed by atoms with Crippen molar-refractivity contribution in [1.29, 1.82) is 0 Å². The van der Waals surface area contributed by atoms with Crippen LogP contribution in [0, 0.1) is 5.82 Å². The van der Waals surface area contributed by atoms with Crippen LogP contribution < -0.4 is 10.1 Å². The second-order valence-electron chi connectivity index (χ2n) is 5.64. The molecule has 23 heavy (non-hydrogen) atoms. The third-order valence-corrected chi connectivity index (χ3v) is 4.20. The first-order valence-corrected chi connectivity index (χ1v) is 7.67. The standard InChI is InChI=1S/C18H16FN3O/c19-13-5-6-16-15(9-13)18(22-11-21-16)20-10-12-7-8-23-17-4-2-1-3-14(12)17/h1-6,9,11-12H,7-8,10H2,(H,20,21,22). The van der Waals surface area contributed by atoms with Gasteiger partial charge in [-0.25, -0.2) is 14.4 Å². The van der Waals surface area contributed by atoms with Crippen molar-refractivity contribution in [1.82, 2.24) is 9.97 Å². The maximum Gasteiger partial charge on any atom is 0.137 e. The SMILES string of the molecule is Fc1ccc2ncnc(NCC3CCOc4ccccc43)c2c1. The average Bonchev–Trinajstić information content (AvgIpc) is 2.60. The fraction of sp³-hybridized carbons (Fsp3) is 0.222. The highest BCUT2D eigenvalue weighted by Crippen LogP contribution is 2.33. The van der Waals surface area contributed by atoms with E-state index in [-0.39, 0.29) is 5.82 Å². The summed E-state index contributed by atoms with van der Waals surface area (Å²) in [6.07, 6.45) is 2.45. The van der Waals surface area contributed by atoms with Crippen LogP contribution in [0.4, 0.5) is 10.2 Å². The van der Waals surface area contributed by atoms with Gasteiger partial charge < -0.3 is 10.1 Å². The zero-order valence-electron chi connectivity index (χ0n) is 12.5. The van der Waals surface area contributed by atoms with E-state index < -0.39 is 0 Å². The molecule has 0 radical (unpaired) electrons. The molecule has 0 spiro atoms. The minimum atomic E-state index is -0.285. The van der Waals surface area contributed by atoms with Gasteiger partial charge in [-0.2, -0.15) is 0 Å². The second kappa shape index (κ2) is 5.83. The number of rotatable bonds is 3. The lowest BCUT2D eigenvalue weighted by Crippen LogP contribution is -2.21. The van der Waals surface area contributed by atoms with Crippen LogP contribution in [-0.4, -0.2) is 23.1 Å². The zero-order valence-corrected chi connectivity index (χ0v) is 12.5. The molecule has 0 amide bonds. The number of benzene rings is 2. The Kier molecular flexibility index (Phi) is 3.54. The summed E-state index contributed by atoms with van der Waals surface area (Å²) < 4.78 is 19.2. The van der Waals surface area contributed by atoms with E-state index in [2.05, 4.69) is 21.4 Å². The maximum atomic E-state index is 13.5. The Hall–Kier alpha value is -2.69. The van der Waals surface area contributed by atoms with Crippen LogP contribution in [0.3, 0.4) is 0 Å². The normalized spacial score (nSPS) is 16.7. The summed E-state index contributed by atoms with van der Waals surface area (Å²) in [7, 11) is 0. The van der Waals surface area contributed by atoms with Crippen LogP contribution in [0.1, 0.15) is 17.9 Å². The van der Waals surface area contributed by atoms with Gasteiger partial charge in [0.1, 0.15) is 23.7 Å². The Labute approximate surface area is 133 Å². The predicted molar refractivity (Wildman–Crippen MR) is 87.3 cm³/mol. The van der Waals surface area contributed by atoms with E-state index in [0.717, 1.165) is 24.2 Å². The van der Waals surface area contributed by atoms with Crippen molar-refractivity contribution in [2.45, 2.75) is 12.3 Å². The Bertz CT molecular complexity index is 853. The smallest absolute Gasteiger partial charge is 0.137 e. The lowest BCUT2D eigenvalue weighted by Gasteiger charge is -2.26. The Morgan fingerprint density at radius 2 is 2.09 bits per heavy atom. The molecule has 0 fully saturated rings. The molecule has 1 atom stereocenters. The predicted octanol–water partition coefficient (Wildman–Crippen LogP) is 3.75. The quantitative estimate of drug-likeness (QED) is 0.800. The number of ether oxygens (including phenoxy) is 1. The molecule has 1 aromatic heterocycles. The summed E-state index contributed by atoms with van der Waals surface area (Å²) in [5.41, 5.74) is 1.94. The van der Waals surface area contributed by atoms with Crippen LogP contribution >= 0.6 is 0 Å². The number of hydrogen-bond acceptors (Lipinski definition) is 4. The minimum Gasteiger partial charge on any atom is -0.493 e. The van der Waals surface area contributed by atoms with E-state index in [4.69, 9.17) is 4.74 Å². The van der Waals surface area contributed by atoms with Gasteiger partial charge in [0.25, 0.3) is 0 Å². The molecule has 1 aliphatic heterocycles. The lowest BCUT2D eigenvalue weighted by molar-refractivity contribution is 0.270. The van der Waals surface area contributed by atoms with Gasteiger partial charge in [-0.15, -0.1) is 0 Å². The second-order valence-corrected chi connectivity index (χ2v) is 5.64. The first-order valence-electron chi connectivity index (χ1n) is 7.67. The minimum absolute atomic E-state index is 0.285. The molecule has 0 bridgehead atoms. The van der Waals surface area contributed by atoms with Crippen molar-refractivity contribution < 1.29 is 9.13 Å². The molecule has 3 aromatic rings. The van der Waals surface area contributed by atoms with Gasteiger partial charge in [0.05, 0.1) is 12.1 Å². The first-order chi connectivity index (χ1) is 11.3. The summed E-state index contributed by atoms with van der Waals surface area (Å²) in [5.74, 6) is 1.67. The summed E-state index contributed by atoms with van der Waals surface area (Å²) in [5, 5.41) is 4.05. The molecule has 4 nitrogen and oxygen atoms in total. The molecule has 116 valence electrons. The van der Waals surface area contributed by atoms with Crippen LogP contribution in [-0.2, 0) is 0 Å². The number of para-hydroxylation sites is 1. The summed E-state index contributed by atoms with van der Waals surface area (Å²) in [6.45, 7) is 1.44. The highest BCUT2D eigenvalue weighted by Gasteiger charge is 2.21. The molecular formula is C18H16FN3O. The average molecular weight is 309 g/mol. The van der Waals surface area contributed by atoms with Crippen LogP contribution in [0.25, 0.3) is 10.9 Å². The number of hydrogen-bond donors (Lipinski definition) is 1. The number of fused-ring (bicyclic) bond motifs is 2. The number of nitrogens with one attached hydrogen (secondary N) is 1. The van der Waals surface area contributed by atoms with Crippen molar-refractivity contribution in [3.63, 3.8) is 0 Å². The number of halogens is 1. The first kappa shape index (κ1) is 13.9. The Balaban J connectivity index is 1.60. The van der Waals surface area contributed by atoms with E-state index in [1.165, 1.54) is 24.0 Å². The van der Waals surface area contributed by atoms with Gasteiger partial charge in [0.15, 0.2) is 0 Å². The van der Waals surface area contributed by atoms with E-state index in [1.54, 1.807) is 6.07 Å². The monoisotopic (exact) mass is 309 g/mol. The third-order valence-electron chi connectivity index (χ3n) is 4.20. The fourth-order valence-electron chi connectivity index (χ4n) is 3.02. The van der Waals surface area contributed by atoms with E-state index in [0.29, 0.717) is 23.7 Å². The molecule has 0 saturated heterocycles. The zero-order chi connectivity index (χ0) is 15.6. The van der Waals surface area contributed by atoms with Crippen molar-refractivity contribution in [2.24, 2.45) is 0 Å². The molecule has 0 aliphatic carbocycles. The van der Waals surface area contributed by atoms with Gasteiger partial charge in [-0.05, 0) is 36.2 Å². The fourth-order valence-corrected chi connectivity index (χ4v) is 3.02. The van der Waals surface area contributed by atoms with Crippen molar-refractivity contribution in [3.05, 3.63) is 60.2 Å². The Morgan fingerprint density at radius 1 is 1.17 bits per heavy atom. The van der Waals surface area contributed by atoms with Gasteiger partial charge >= 0.3 is 0 Å². The molecule has 1 unspecified atom stereocenters. The van der Waals surface area contributed by atoms with Gasteiger partial charge in [-0.1, -0.05) is 18.2 Å². The van der Waals surface area contributed by atoms with E-state index >= 15 is 0 Å². The van der Waals surface area contributed by atoms with Crippen LogP contribution in [0.5, 0.6) is 5.75 Å². The lowest BCUT2D eigenvalue weighted by atomic mass is 9.93. The molecular weight excluding hydrogens is 293 g/mol. The molecule has 1 N–H and O–H groups in total. The van der Waals surface area contributed by atoms with E-state index in [1.807, 2.05) is 18.2 Å². The number of nitrogens with zero attached hydrogens (tertiary/aromatic N) is 2. The molecule has 2 heterocycles. The largest absolute Gasteiger partial charge is 0.493 e. The number of anilines is 1. The van der Waals surface area contributed by atoms with E-state index in [9.17, 15) is 4.39 Å². The third kappa shape index (κ3) is 2.70. The molecule has 1 aliphatic rings. The van der Waals surface area contributed by atoms with Crippen LogP contribution in [0.15, 0.2) is 48.8 Å². The van der Waals surface area contributed by atoms with Gasteiger partial charge in [0, 0.05) is 17.8 Å². The maximum absolute atomic E-state index is 13.5. The topological polar surface area (TPSA) is 47.0 Å². The Morgan fingerprint density at radius 3 is 3.04 bits per heavy atom. The molecule has 5 heteroatoms. The number of aromatic nitrogens is 2. The summed E-state index contributed by atoms with van der Waals surface area (Å²) >= 11 is 0. The van der Waals surface area contributed by atoms with Crippen LogP contribution in [0.2, 0.25) is 0 Å². The summed E-state index contributed by atoms with van der Waals surface area (Å²) in [4.78, 5) is 8.44. The van der Waals surface area contributed by atoms with Gasteiger partial charge in [-0.3, -0.25) is 0 Å². The van der Waals surface area contributed by atoms with Gasteiger partial charge in [0.2, 0.25) is 0 Å². The van der Waals surface area contributed by atoms with Crippen molar-refractivity contribution in [2.75, 3.05) is 18.5 Å². The van der Waals surface area contributed by atoms with Crippen molar-refractivity contribution in [3.8, 4) is 5.75 Å². The molecule has 0 saturated carbocycles. The molecule has 4 rings (SSSR count). The van der Waals surface area contributed by atoms with Crippen molar-refractivity contribution >= 4 is 16.7 Å². The molecule has 2 aromatic carbocycles.